The standard InChI is InChI=1S/C13H21N3O2/c1-9(8-17)10(2)15-7-11-4-3-5-12(6-11)13(14)16-18/h3-6,9-10,15,17-18H,7-8H2,1-2H3,(H2,14,16). The first-order valence-corrected chi connectivity index (χ1v) is 5.99. The minimum absolute atomic E-state index is 0.105. The maximum atomic E-state index is 9.05. The molecule has 0 fully saturated rings. The van der Waals surface area contributed by atoms with Crippen LogP contribution < -0.4 is 11.1 Å². The van der Waals surface area contributed by atoms with Gasteiger partial charge in [0.15, 0.2) is 5.84 Å². The molecule has 5 heteroatoms. The van der Waals surface area contributed by atoms with Crippen LogP contribution in [0.4, 0.5) is 0 Å². The third-order valence-electron chi connectivity index (χ3n) is 3.10. The fourth-order valence-corrected chi connectivity index (χ4v) is 1.54. The highest BCUT2D eigenvalue weighted by Crippen LogP contribution is 2.07. The van der Waals surface area contributed by atoms with Gasteiger partial charge in [-0.05, 0) is 24.5 Å². The number of aliphatic hydroxyl groups is 1. The molecule has 1 rings (SSSR count). The van der Waals surface area contributed by atoms with E-state index < -0.39 is 0 Å². The lowest BCUT2D eigenvalue weighted by molar-refractivity contribution is 0.207. The summed E-state index contributed by atoms with van der Waals surface area (Å²) < 4.78 is 0. The third kappa shape index (κ3) is 4.01. The van der Waals surface area contributed by atoms with Crippen LogP contribution >= 0.6 is 0 Å². The SMILES string of the molecule is CC(CO)C(C)NCc1cccc(/C(N)=N/O)c1. The summed E-state index contributed by atoms with van der Waals surface area (Å²) in [5.41, 5.74) is 7.28. The first-order chi connectivity index (χ1) is 8.58. The highest BCUT2D eigenvalue weighted by Gasteiger charge is 2.10. The maximum Gasteiger partial charge on any atom is 0.170 e. The Morgan fingerprint density at radius 1 is 1.44 bits per heavy atom. The van der Waals surface area contributed by atoms with Gasteiger partial charge in [-0.3, -0.25) is 0 Å². The molecule has 0 bridgehead atoms. The van der Waals surface area contributed by atoms with Crippen LogP contribution in [0.15, 0.2) is 29.4 Å². The van der Waals surface area contributed by atoms with Gasteiger partial charge in [-0.25, -0.2) is 0 Å². The van der Waals surface area contributed by atoms with Crippen molar-refractivity contribution in [3.05, 3.63) is 35.4 Å². The highest BCUT2D eigenvalue weighted by molar-refractivity contribution is 5.97. The molecule has 0 heterocycles. The predicted octanol–water partition coefficient (Wildman–Crippen LogP) is 0.888. The van der Waals surface area contributed by atoms with Crippen LogP contribution in [0.1, 0.15) is 25.0 Å². The number of amidine groups is 1. The zero-order valence-electron chi connectivity index (χ0n) is 10.8. The van der Waals surface area contributed by atoms with Gasteiger partial charge < -0.3 is 21.4 Å². The second-order valence-electron chi connectivity index (χ2n) is 4.52. The molecule has 0 amide bonds. The van der Waals surface area contributed by atoms with Gasteiger partial charge in [0.2, 0.25) is 0 Å². The van der Waals surface area contributed by atoms with Gasteiger partial charge in [0.05, 0.1) is 0 Å². The molecule has 5 N–H and O–H groups in total. The Kier molecular flexibility index (Phi) is 5.61. The first kappa shape index (κ1) is 14.5. The zero-order chi connectivity index (χ0) is 13.5. The number of nitrogens with zero attached hydrogens (tertiary/aromatic N) is 1. The molecule has 1 aromatic rings. The van der Waals surface area contributed by atoms with E-state index in [1.165, 1.54) is 0 Å². The molecule has 0 aliphatic rings. The molecule has 0 saturated heterocycles. The van der Waals surface area contributed by atoms with Crippen molar-refractivity contribution in [2.45, 2.75) is 26.4 Å². The Labute approximate surface area is 107 Å². The summed E-state index contributed by atoms with van der Waals surface area (Å²) in [4.78, 5) is 0. The molecule has 5 nitrogen and oxygen atoms in total. The van der Waals surface area contributed by atoms with E-state index in [9.17, 15) is 0 Å². The van der Waals surface area contributed by atoms with Crippen molar-refractivity contribution in [2.24, 2.45) is 16.8 Å². The second-order valence-corrected chi connectivity index (χ2v) is 4.52. The lowest BCUT2D eigenvalue weighted by atomic mass is 10.0. The number of nitrogens with two attached hydrogens (primary N) is 1. The molecule has 100 valence electrons. The normalized spacial score (nSPS) is 15.4. The van der Waals surface area contributed by atoms with Crippen LogP contribution in [-0.2, 0) is 6.54 Å². The number of hydrogen-bond donors (Lipinski definition) is 4. The molecule has 0 aliphatic carbocycles. The van der Waals surface area contributed by atoms with Gasteiger partial charge in [-0.15, -0.1) is 0 Å². The molecule has 2 unspecified atom stereocenters. The topological polar surface area (TPSA) is 90.9 Å². The van der Waals surface area contributed by atoms with E-state index in [4.69, 9.17) is 16.0 Å². The van der Waals surface area contributed by atoms with E-state index in [0.29, 0.717) is 12.1 Å². The Hall–Kier alpha value is -1.59. The van der Waals surface area contributed by atoms with Gasteiger partial charge in [0.25, 0.3) is 0 Å². The molecule has 0 radical (unpaired) electrons. The van der Waals surface area contributed by atoms with Crippen molar-refractivity contribution in [2.75, 3.05) is 6.61 Å². The van der Waals surface area contributed by atoms with Crippen LogP contribution in [0.3, 0.4) is 0 Å². The number of rotatable bonds is 6. The van der Waals surface area contributed by atoms with E-state index in [-0.39, 0.29) is 24.4 Å². The molecule has 2 atom stereocenters. The van der Waals surface area contributed by atoms with Crippen molar-refractivity contribution in [3.8, 4) is 0 Å². The molecule has 0 aliphatic heterocycles. The van der Waals surface area contributed by atoms with Gasteiger partial charge in [0, 0.05) is 24.8 Å². The van der Waals surface area contributed by atoms with Crippen molar-refractivity contribution in [1.82, 2.24) is 5.32 Å². The van der Waals surface area contributed by atoms with Crippen LogP contribution in [0, 0.1) is 5.92 Å². The fraction of sp³-hybridized carbons (Fsp3) is 0.462. The van der Waals surface area contributed by atoms with E-state index in [1.54, 1.807) is 6.07 Å². The van der Waals surface area contributed by atoms with Gasteiger partial charge in [-0.1, -0.05) is 30.3 Å². The van der Waals surface area contributed by atoms with E-state index >= 15 is 0 Å². The highest BCUT2D eigenvalue weighted by atomic mass is 16.4. The maximum absolute atomic E-state index is 9.05. The zero-order valence-corrected chi connectivity index (χ0v) is 10.8. The van der Waals surface area contributed by atoms with Crippen LogP contribution in [0.5, 0.6) is 0 Å². The smallest absolute Gasteiger partial charge is 0.170 e. The molecular formula is C13H21N3O2. The monoisotopic (exact) mass is 251 g/mol. The van der Waals surface area contributed by atoms with Crippen LogP contribution in [0.25, 0.3) is 0 Å². The minimum atomic E-state index is 0.105. The summed E-state index contributed by atoms with van der Waals surface area (Å²) in [5.74, 6) is 0.311. The largest absolute Gasteiger partial charge is 0.409 e. The van der Waals surface area contributed by atoms with Crippen molar-refractivity contribution in [3.63, 3.8) is 0 Å². The summed E-state index contributed by atoms with van der Waals surface area (Å²) in [6.45, 7) is 4.87. The lowest BCUT2D eigenvalue weighted by Crippen LogP contribution is -2.33. The number of aliphatic hydroxyl groups excluding tert-OH is 1. The Morgan fingerprint density at radius 2 is 2.17 bits per heavy atom. The van der Waals surface area contributed by atoms with Crippen molar-refractivity contribution < 1.29 is 10.3 Å². The van der Waals surface area contributed by atoms with Gasteiger partial charge in [-0.2, -0.15) is 0 Å². The number of oxime groups is 1. The summed E-state index contributed by atoms with van der Waals surface area (Å²) in [5, 5.41) is 24.0. The van der Waals surface area contributed by atoms with E-state index in [0.717, 1.165) is 5.56 Å². The summed E-state index contributed by atoms with van der Waals surface area (Å²) in [7, 11) is 0. The van der Waals surface area contributed by atoms with Crippen molar-refractivity contribution in [1.29, 1.82) is 0 Å². The first-order valence-electron chi connectivity index (χ1n) is 5.99. The van der Waals surface area contributed by atoms with Crippen LogP contribution in [-0.4, -0.2) is 28.8 Å². The third-order valence-corrected chi connectivity index (χ3v) is 3.10. The molecule has 1 aromatic carbocycles. The average Bonchev–Trinajstić information content (AvgIpc) is 2.43. The predicted molar refractivity (Wildman–Crippen MR) is 71.5 cm³/mol. The molecule has 0 saturated carbocycles. The van der Waals surface area contributed by atoms with E-state index in [2.05, 4.69) is 10.5 Å². The Morgan fingerprint density at radius 3 is 2.78 bits per heavy atom. The van der Waals surface area contributed by atoms with Gasteiger partial charge in [0.1, 0.15) is 0 Å². The van der Waals surface area contributed by atoms with Crippen LogP contribution in [0.2, 0.25) is 0 Å². The number of benzene rings is 1. The molecule has 0 spiro atoms. The molecule has 18 heavy (non-hydrogen) atoms. The number of nitrogens with one attached hydrogen (secondary N) is 1. The van der Waals surface area contributed by atoms with Gasteiger partial charge >= 0.3 is 0 Å². The quantitative estimate of drug-likeness (QED) is 0.261. The summed E-state index contributed by atoms with van der Waals surface area (Å²) >= 11 is 0. The second kappa shape index (κ2) is 6.98. The Balaban J connectivity index is 2.63. The lowest BCUT2D eigenvalue weighted by Gasteiger charge is -2.19. The fourth-order valence-electron chi connectivity index (χ4n) is 1.54. The molecule has 0 aromatic heterocycles. The molecular weight excluding hydrogens is 230 g/mol. The number of hydrogen-bond acceptors (Lipinski definition) is 4. The average molecular weight is 251 g/mol. The Bertz CT molecular complexity index is 407. The summed E-state index contributed by atoms with van der Waals surface area (Å²) in [6.07, 6.45) is 0. The van der Waals surface area contributed by atoms with Crippen molar-refractivity contribution >= 4 is 5.84 Å². The van der Waals surface area contributed by atoms with E-state index in [1.807, 2.05) is 32.0 Å². The summed E-state index contributed by atoms with van der Waals surface area (Å²) in [6, 6.07) is 7.72. The minimum Gasteiger partial charge on any atom is -0.409 e.